The zero-order valence-electron chi connectivity index (χ0n) is 9.27. The third-order valence-electron chi connectivity index (χ3n) is 3.13. The monoisotopic (exact) mass is 225 g/mol. The van der Waals surface area contributed by atoms with Crippen LogP contribution in [-0.4, -0.2) is 17.8 Å². The zero-order chi connectivity index (χ0) is 11.8. The highest BCUT2D eigenvalue weighted by molar-refractivity contribution is 6.15. The molecule has 0 fully saturated rings. The van der Waals surface area contributed by atoms with Crippen LogP contribution in [0.25, 0.3) is 12.3 Å². The van der Waals surface area contributed by atoms with E-state index in [1.807, 2.05) is 12.1 Å². The predicted octanol–water partition coefficient (Wildman–Crippen LogP) is 0.112. The number of aliphatic imine (C=N–C) groups is 1. The number of aryl methyl sites for hydroxylation is 1. The van der Waals surface area contributed by atoms with E-state index < -0.39 is 0 Å². The van der Waals surface area contributed by atoms with Gasteiger partial charge in [-0.25, -0.2) is 0 Å². The second-order valence-corrected chi connectivity index (χ2v) is 4.41. The summed E-state index contributed by atoms with van der Waals surface area (Å²) in [4.78, 5) is 27.1. The Bertz CT molecular complexity index is 668. The highest BCUT2D eigenvalue weighted by Crippen LogP contribution is 2.05. The number of carbonyl (C=O) groups is 2. The average molecular weight is 225 g/mol. The standard InChI is InChI=1S/C14H11NO2/c16-13-2-1-9-3-11-7-15-8-12(11)4-10(9)5-14(17)6-13/h3-5,7-8H,1-2,6H2. The normalized spacial score (nSPS) is 17.6. The first kappa shape index (κ1) is 10.1. The van der Waals surface area contributed by atoms with Gasteiger partial charge in [-0.05, 0) is 35.4 Å². The van der Waals surface area contributed by atoms with Crippen LogP contribution in [0.3, 0.4) is 0 Å². The van der Waals surface area contributed by atoms with Crippen molar-refractivity contribution < 1.29 is 9.59 Å². The SMILES string of the molecule is O=C1C=c2cc3c(cc2CCC(=O)C1)=CN=C3. The molecule has 3 rings (SSSR count). The Morgan fingerprint density at radius 2 is 1.94 bits per heavy atom. The summed E-state index contributed by atoms with van der Waals surface area (Å²) in [5.41, 5.74) is 2.10. The van der Waals surface area contributed by atoms with Gasteiger partial charge in [0, 0.05) is 29.6 Å². The fourth-order valence-electron chi connectivity index (χ4n) is 2.25. The Balaban J connectivity index is 2.22. The molecule has 1 heterocycles. The lowest BCUT2D eigenvalue weighted by atomic mass is 9.96. The Morgan fingerprint density at radius 3 is 2.82 bits per heavy atom. The van der Waals surface area contributed by atoms with Gasteiger partial charge in [0.2, 0.25) is 0 Å². The van der Waals surface area contributed by atoms with Crippen LogP contribution in [0.2, 0.25) is 0 Å². The molecule has 0 saturated heterocycles. The molecule has 2 aliphatic rings. The zero-order valence-corrected chi connectivity index (χ0v) is 9.27. The first-order valence-corrected chi connectivity index (χ1v) is 5.65. The van der Waals surface area contributed by atoms with Crippen LogP contribution in [0.15, 0.2) is 17.1 Å². The van der Waals surface area contributed by atoms with Gasteiger partial charge in [0.25, 0.3) is 0 Å². The molecular formula is C14H11NO2. The van der Waals surface area contributed by atoms with Crippen molar-refractivity contribution in [2.75, 3.05) is 0 Å². The number of nitrogens with zero attached hydrogens (tertiary/aromatic N) is 1. The van der Waals surface area contributed by atoms with E-state index in [0.717, 1.165) is 21.6 Å². The fourth-order valence-corrected chi connectivity index (χ4v) is 2.25. The van der Waals surface area contributed by atoms with Gasteiger partial charge in [-0.3, -0.25) is 14.6 Å². The van der Waals surface area contributed by atoms with Gasteiger partial charge in [-0.1, -0.05) is 0 Å². The molecule has 1 aromatic rings. The largest absolute Gasteiger partial charge is 0.299 e. The van der Waals surface area contributed by atoms with Gasteiger partial charge in [0.1, 0.15) is 5.78 Å². The lowest BCUT2D eigenvalue weighted by Crippen LogP contribution is -2.23. The van der Waals surface area contributed by atoms with E-state index in [1.165, 1.54) is 0 Å². The van der Waals surface area contributed by atoms with Crippen molar-refractivity contribution in [3.8, 4) is 0 Å². The minimum atomic E-state index is -0.102. The quantitative estimate of drug-likeness (QED) is 0.588. The maximum absolute atomic E-state index is 11.6. The van der Waals surface area contributed by atoms with Crippen molar-refractivity contribution in [2.45, 2.75) is 19.3 Å². The van der Waals surface area contributed by atoms with Crippen molar-refractivity contribution in [2.24, 2.45) is 4.99 Å². The number of benzene rings is 1. The molecule has 3 nitrogen and oxygen atoms in total. The summed E-state index contributed by atoms with van der Waals surface area (Å²) < 4.78 is 0. The Morgan fingerprint density at radius 1 is 1.06 bits per heavy atom. The van der Waals surface area contributed by atoms with Crippen LogP contribution in [0, 0.1) is 0 Å². The summed E-state index contributed by atoms with van der Waals surface area (Å²) in [6.45, 7) is 0. The highest BCUT2D eigenvalue weighted by atomic mass is 16.1. The van der Waals surface area contributed by atoms with Gasteiger partial charge in [-0.15, -0.1) is 0 Å². The van der Waals surface area contributed by atoms with Crippen LogP contribution in [0.4, 0.5) is 0 Å². The van der Waals surface area contributed by atoms with Crippen LogP contribution in [-0.2, 0) is 16.0 Å². The number of carbonyl (C=O) groups excluding carboxylic acids is 2. The molecule has 0 saturated carbocycles. The molecule has 1 aromatic carbocycles. The molecule has 0 aromatic heterocycles. The third-order valence-corrected chi connectivity index (χ3v) is 3.13. The number of rotatable bonds is 0. The number of hydrogen-bond acceptors (Lipinski definition) is 3. The van der Waals surface area contributed by atoms with Crippen molar-refractivity contribution in [3.05, 3.63) is 33.7 Å². The first-order valence-electron chi connectivity index (χ1n) is 5.65. The van der Waals surface area contributed by atoms with Crippen molar-refractivity contribution >= 4 is 30.1 Å². The summed E-state index contributed by atoms with van der Waals surface area (Å²) in [6.07, 6.45) is 6.37. The average Bonchev–Trinajstić information content (AvgIpc) is 2.70. The van der Waals surface area contributed by atoms with E-state index in [-0.39, 0.29) is 18.0 Å². The van der Waals surface area contributed by atoms with Crippen molar-refractivity contribution in [3.63, 3.8) is 0 Å². The number of ketones is 2. The van der Waals surface area contributed by atoms with E-state index in [0.29, 0.717) is 12.8 Å². The van der Waals surface area contributed by atoms with Gasteiger partial charge >= 0.3 is 0 Å². The van der Waals surface area contributed by atoms with Crippen LogP contribution in [0.5, 0.6) is 0 Å². The number of fused-ring (bicyclic) bond motifs is 2. The molecule has 0 N–H and O–H groups in total. The molecule has 1 aliphatic carbocycles. The molecule has 3 heteroatoms. The number of Topliss-reactive ketones (excluding diaryl/α,β-unsaturated/α-hetero) is 2. The van der Waals surface area contributed by atoms with Crippen molar-refractivity contribution in [1.82, 2.24) is 0 Å². The van der Waals surface area contributed by atoms with E-state index in [4.69, 9.17) is 0 Å². The third kappa shape index (κ3) is 1.84. The van der Waals surface area contributed by atoms with E-state index in [1.54, 1.807) is 18.5 Å². The first-order chi connectivity index (χ1) is 8.22. The maximum Gasteiger partial charge on any atom is 0.163 e. The Hall–Kier alpha value is -2.03. The summed E-state index contributed by atoms with van der Waals surface area (Å²) in [6, 6.07) is 4.01. The van der Waals surface area contributed by atoms with Gasteiger partial charge in [-0.2, -0.15) is 0 Å². The summed E-state index contributed by atoms with van der Waals surface area (Å²) in [7, 11) is 0. The second-order valence-electron chi connectivity index (χ2n) is 4.41. The van der Waals surface area contributed by atoms with Crippen LogP contribution < -0.4 is 10.4 Å². The van der Waals surface area contributed by atoms with E-state index >= 15 is 0 Å². The van der Waals surface area contributed by atoms with Crippen LogP contribution >= 0.6 is 0 Å². The molecule has 84 valence electrons. The van der Waals surface area contributed by atoms with Crippen LogP contribution in [0.1, 0.15) is 24.0 Å². The van der Waals surface area contributed by atoms with Gasteiger partial charge in [0.05, 0.1) is 6.42 Å². The minimum absolute atomic E-state index is 0.0256. The summed E-state index contributed by atoms with van der Waals surface area (Å²) in [5, 5.41) is 2.00. The van der Waals surface area contributed by atoms with Crippen molar-refractivity contribution in [1.29, 1.82) is 0 Å². The molecule has 0 amide bonds. The topological polar surface area (TPSA) is 46.5 Å². The summed E-state index contributed by atoms with van der Waals surface area (Å²) in [5.74, 6) is -0.0764. The molecular weight excluding hydrogens is 214 g/mol. The molecule has 0 bridgehead atoms. The molecule has 1 aliphatic heterocycles. The molecule has 17 heavy (non-hydrogen) atoms. The molecule has 0 radical (unpaired) electrons. The maximum atomic E-state index is 11.6. The smallest absolute Gasteiger partial charge is 0.163 e. The highest BCUT2D eigenvalue weighted by Gasteiger charge is 2.13. The van der Waals surface area contributed by atoms with Gasteiger partial charge in [0.15, 0.2) is 5.78 Å². The molecule has 0 spiro atoms. The minimum Gasteiger partial charge on any atom is -0.299 e. The Kier molecular flexibility index (Phi) is 2.25. The summed E-state index contributed by atoms with van der Waals surface area (Å²) >= 11 is 0. The number of hydrogen-bond donors (Lipinski definition) is 0. The second kappa shape index (κ2) is 3.77. The lowest BCUT2D eigenvalue weighted by molar-refractivity contribution is -0.124. The lowest BCUT2D eigenvalue weighted by Gasteiger charge is -2.07. The predicted molar refractivity (Wildman–Crippen MR) is 65.2 cm³/mol. The van der Waals surface area contributed by atoms with E-state index in [9.17, 15) is 9.59 Å². The Labute approximate surface area is 98.2 Å². The fraction of sp³-hybridized carbons (Fsp3) is 0.214. The van der Waals surface area contributed by atoms with E-state index in [2.05, 4.69) is 4.99 Å². The van der Waals surface area contributed by atoms with Gasteiger partial charge < -0.3 is 0 Å². The molecule has 0 atom stereocenters. The molecule has 0 unspecified atom stereocenters.